The quantitative estimate of drug-likeness (QED) is 0.676. The van der Waals surface area contributed by atoms with E-state index < -0.39 is 0 Å². The van der Waals surface area contributed by atoms with Crippen LogP contribution in [0, 0.1) is 0 Å². The molecule has 4 heteroatoms. The van der Waals surface area contributed by atoms with Gasteiger partial charge in [0, 0.05) is 30.9 Å². The summed E-state index contributed by atoms with van der Waals surface area (Å²) in [6, 6.07) is 5.13. The smallest absolute Gasteiger partial charge is 0.0580 e. The highest BCUT2D eigenvalue weighted by molar-refractivity contribution is 5.25. The number of hydrazine groups is 1. The molecular formula is C14H18N4. The highest BCUT2D eigenvalue weighted by atomic mass is 15.4. The summed E-state index contributed by atoms with van der Waals surface area (Å²) in [5, 5.41) is 3.28. The molecule has 0 amide bonds. The minimum Gasteiger partial charge on any atom is -0.383 e. The van der Waals surface area contributed by atoms with Crippen molar-refractivity contribution in [1.29, 1.82) is 0 Å². The Balaban J connectivity index is 1.39. The zero-order chi connectivity index (χ0) is 12.2. The molecule has 1 aliphatic heterocycles. The fourth-order valence-corrected chi connectivity index (χ4v) is 2.25. The lowest BCUT2D eigenvalue weighted by molar-refractivity contribution is 0.487. The van der Waals surface area contributed by atoms with Crippen molar-refractivity contribution in [2.45, 2.75) is 24.4 Å². The van der Waals surface area contributed by atoms with Gasteiger partial charge in [-0.15, -0.1) is 0 Å². The molecule has 3 N–H and O–H groups in total. The largest absolute Gasteiger partial charge is 0.383 e. The van der Waals surface area contributed by atoms with E-state index in [9.17, 15) is 0 Å². The van der Waals surface area contributed by atoms with Crippen LogP contribution in [0.25, 0.3) is 0 Å². The number of aromatic nitrogens is 1. The van der Waals surface area contributed by atoms with E-state index in [-0.39, 0.29) is 0 Å². The molecule has 0 radical (unpaired) electrons. The van der Waals surface area contributed by atoms with Gasteiger partial charge in [-0.3, -0.25) is 15.8 Å². The summed E-state index contributed by atoms with van der Waals surface area (Å²) >= 11 is 0. The van der Waals surface area contributed by atoms with E-state index in [1.807, 2.05) is 24.7 Å². The second-order valence-electron chi connectivity index (χ2n) is 4.77. The minimum atomic E-state index is 0.376. The standard InChI is InChI=1S/C14H18N4/c1-2-6-16-12(3-1)10-17-18-14-9-13(14)11-4-7-15-8-5-11/h1-8,12-14,16-18H,9-10H2. The molecule has 3 unspecified atom stereocenters. The summed E-state index contributed by atoms with van der Waals surface area (Å²) in [5.41, 5.74) is 8.07. The maximum absolute atomic E-state index is 4.05. The first-order valence-electron chi connectivity index (χ1n) is 6.41. The summed E-state index contributed by atoms with van der Waals surface area (Å²) in [5.74, 6) is 0.634. The lowest BCUT2D eigenvalue weighted by Crippen LogP contribution is -2.43. The van der Waals surface area contributed by atoms with Crippen LogP contribution >= 0.6 is 0 Å². The molecule has 1 aromatic rings. The molecule has 0 spiro atoms. The Morgan fingerprint density at radius 2 is 2.17 bits per heavy atom. The first kappa shape index (κ1) is 11.4. The number of hydrogen-bond acceptors (Lipinski definition) is 4. The predicted molar refractivity (Wildman–Crippen MR) is 71.7 cm³/mol. The molecule has 1 fully saturated rings. The molecule has 0 saturated heterocycles. The van der Waals surface area contributed by atoms with Crippen molar-refractivity contribution in [2.75, 3.05) is 6.54 Å². The zero-order valence-corrected chi connectivity index (χ0v) is 10.2. The number of hydrogen-bond donors (Lipinski definition) is 3. The first-order valence-corrected chi connectivity index (χ1v) is 6.41. The number of rotatable bonds is 5. The van der Waals surface area contributed by atoms with Crippen molar-refractivity contribution in [3.05, 3.63) is 54.5 Å². The van der Waals surface area contributed by atoms with Crippen LogP contribution in [-0.2, 0) is 0 Å². The molecule has 0 aromatic carbocycles. The average Bonchev–Trinajstić information content (AvgIpc) is 3.21. The van der Waals surface area contributed by atoms with Gasteiger partial charge in [0.2, 0.25) is 0 Å². The van der Waals surface area contributed by atoms with Gasteiger partial charge in [-0.2, -0.15) is 0 Å². The summed E-state index contributed by atoms with van der Waals surface area (Å²) in [4.78, 5) is 4.05. The monoisotopic (exact) mass is 242 g/mol. The van der Waals surface area contributed by atoms with Gasteiger partial charge in [0.25, 0.3) is 0 Å². The van der Waals surface area contributed by atoms with E-state index >= 15 is 0 Å². The van der Waals surface area contributed by atoms with Gasteiger partial charge < -0.3 is 5.32 Å². The van der Waals surface area contributed by atoms with Crippen LogP contribution in [-0.4, -0.2) is 23.6 Å². The number of nitrogens with one attached hydrogen (secondary N) is 3. The topological polar surface area (TPSA) is 49.0 Å². The third kappa shape index (κ3) is 2.78. The average molecular weight is 242 g/mol. The van der Waals surface area contributed by atoms with Gasteiger partial charge in [-0.25, -0.2) is 0 Å². The van der Waals surface area contributed by atoms with E-state index in [1.54, 1.807) is 0 Å². The van der Waals surface area contributed by atoms with Crippen molar-refractivity contribution in [2.24, 2.45) is 0 Å². The Kier molecular flexibility index (Phi) is 3.39. The van der Waals surface area contributed by atoms with Crippen molar-refractivity contribution < 1.29 is 0 Å². The minimum absolute atomic E-state index is 0.376. The van der Waals surface area contributed by atoms with E-state index in [0.717, 1.165) is 6.54 Å². The van der Waals surface area contributed by atoms with E-state index in [2.05, 4.69) is 45.4 Å². The lowest BCUT2D eigenvalue weighted by Gasteiger charge is -2.16. The number of allylic oxidation sites excluding steroid dienone is 2. The van der Waals surface area contributed by atoms with Crippen LogP contribution in [0.15, 0.2) is 49.0 Å². The summed E-state index contributed by atoms with van der Waals surface area (Å²) in [6.07, 6.45) is 13.1. The third-order valence-corrected chi connectivity index (χ3v) is 3.40. The molecule has 94 valence electrons. The first-order chi connectivity index (χ1) is 8.93. The number of pyridine rings is 1. The SMILES string of the molecule is C1=CNC(CNNC2CC2c2ccncc2)C=C1. The summed E-state index contributed by atoms with van der Waals surface area (Å²) in [7, 11) is 0. The molecule has 2 aliphatic rings. The van der Waals surface area contributed by atoms with Crippen LogP contribution in [0.2, 0.25) is 0 Å². The molecule has 0 bridgehead atoms. The summed E-state index contributed by atoms with van der Waals surface area (Å²) < 4.78 is 0. The van der Waals surface area contributed by atoms with Crippen LogP contribution in [0.5, 0.6) is 0 Å². The molecule has 2 heterocycles. The molecule has 3 atom stereocenters. The maximum Gasteiger partial charge on any atom is 0.0580 e. The normalized spacial score (nSPS) is 29.0. The van der Waals surface area contributed by atoms with Gasteiger partial charge >= 0.3 is 0 Å². The fraction of sp³-hybridized carbons (Fsp3) is 0.357. The second kappa shape index (κ2) is 5.33. The van der Waals surface area contributed by atoms with Gasteiger partial charge in [0.05, 0.1) is 6.04 Å². The Bertz CT molecular complexity index is 440. The molecule has 3 rings (SSSR count). The Hall–Kier alpha value is -1.65. The van der Waals surface area contributed by atoms with Crippen molar-refractivity contribution in [3.8, 4) is 0 Å². The van der Waals surface area contributed by atoms with Crippen LogP contribution < -0.4 is 16.2 Å². The fourth-order valence-electron chi connectivity index (χ4n) is 2.25. The van der Waals surface area contributed by atoms with E-state index in [1.165, 1.54) is 12.0 Å². The Morgan fingerprint density at radius 3 is 2.94 bits per heavy atom. The molecule has 1 saturated carbocycles. The Morgan fingerprint density at radius 1 is 1.28 bits per heavy atom. The van der Waals surface area contributed by atoms with Crippen molar-refractivity contribution >= 4 is 0 Å². The maximum atomic E-state index is 4.05. The van der Waals surface area contributed by atoms with E-state index in [0.29, 0.717) is 18.0 Å². The number of dihydropyridines is 1. The van der Waals surface area contributed by atoms with Gasteiger partial charge in [0.15, 0.2) is 0 Å². The highest BCUT2D eigenvalue weighted by Gasteiger charge is 2.37. The van der Waals surface area contributed by atoms with Crippen molar-refractivity contribution in [1.82, 2.24) is 21.2 Å². The Labute approximate surface area is 107 Å². The van der Waals surface area contributed by atoms with Crippen LogP contribution in [0.1, 0.15) is 17.9 Å². The van der Waals surface area contributed by atoms with Gasteiger partial charge in [-0.1, -0.05) is 12.2 Å². The molecule has 4 nitrogen and oxygen atoms in total. The molecule has 18 heavy (non-hydrogen) atoms. The second-order valence-corrected chi connectivity index (χ2v) is 4.77. The highest BCUT2D eigenvalue weighted by Crippen LogP contribution is 2.39. The predicted octanol–water partition coefficient (Wildman–Crippen LogP) is 1.07. The van der Waals surface area contributed by atoms with Crippen LogP contribution in [0.4, 0.5) is 0 Å². The summed E-state index contributed by atoms with van der Waals surface area (Å²) in [6.45, 7) is 0.889. The molecule has 1 aromatic heterocycles. The molecular weight excluding hydrogens is 224 g/mol. The lowest BCUT2D eigenvalue weighted by atomic mass is 10.2. The van der Waals surface area contributed by atoms with Gasteiger partial charge in [-0.05, 0) is 36.4 Å². The third-order valence-electron chi connectivity index (χ3n) is 3.40. The van der Waals surface area contributed by atoms with Gasteiger partial charge in [0.1, 0.15) is 0 Å². The van der Waals surface area contributed by atoms with Crippen molar-refractivity contribution in [3.63, 3.8) is 0 Å². The zero-order valence-electron chi connectivity index (χ0n) is 10.2. The van der Waals surface area contributed by atoms with Crippen LogP contribution in [0.3, 0.4) is 0 Å². The van der Waals surface area contributed by atoms with E-state index in [4.69, 9.17) is 0 Å². The number of nitrogens with zero attached hydrogens (tertiary/aromatic N) is 1. The molecule has 1 aliphatic carbocycles.